The Labute approximate surface area is 163 Å². The van der Waals surface area contributed by atoms with Crippen LogP contribution in [0, 0.1) is 0 Å². The molecule has 26 heavy (non-hydrogen) atoms. The molecule has 140 valence electrons. The lowest BCUT2D eigenvalue weighted by Crippen LogP contribution is -2.39. The monoisotopic (exact) mass is 419 g/mol. The summed E-state index contributed by atoms with van der Waals surface area (Å²) in [6, 6.07) is 11.7. The summed E-state index contributed by atoms with van der Waals surface area (Å²) in [6.45, 7) is 5.93. The van der Waals surface area contributed by atoms with E-state index in [2.05, 4.69) is 31.5 Å². The number of carbonyl (C=O) groups excluding carboxylic acids is 1. The average molecular weight is 420 g/mol. The van der Waals surface area contributed by atoms with Gasteiger partial charge in [0, 0.05) is 49.6 Å². The van der Waals surface area contributed by atoms with E-state index in [1.54, 1.807) is 0 Å². The summed E-state index contributed by atoms with van der Waals surface area (Å²) in [4.78, 5) is 17.5. The molecule has 1 aliphatic rings. The smallest absolute Gasteiger partial charge is 0.255 e. The van der Waals surface area contributed by atoms with Gasteiger partial charge in [-0.05, 0) is 46.6 Å². The lowest BCUT2D eigenvalue weighted by Gasteiger charge is -2.28. The molecule has 0 bridgehead atoms. The zero-order chi connectivity index (χ0) is 18.4. The number of rotatable bonds is 7. The third-order valence-electron chi connectivity index (χ3n) is 4.80. The fraction of sp³-hybridized carbons (Fsp3) is 0.450. The number of hydrogen-bond acceptors (Lipinski definition) is 3. The normalized spacial score (nSPS) is 15.2. The van der Waals surface area contributed by atoms with Crippen LogP contribution in [0.2, 0.25) is 0 Å². The number of aryl methyl sites for hydroxylation is 1. The highest BCUT2D eigenvalue weighted by atomic mass is 79.9. The second kappa shape index (κ2) is 9.35. The van der Waals surface area contributed by atoms with Crippen LogP contribution in [0.3, 0.4) is 0 Å². The van der Waals surface area contributed by atoms with Crippen molar-refractivity contribution < 1.29 is 9.53 Å². The SMILES string of the molecule is Cn1cccc1CN(CCCN1CCOCC1)C(=O)c1ccccc1Br. The highest BCUT2D eigenvalue weighted by Crippen LogP contribution is 2.19. The molecule has 0 aliphatic carbocycles. The highest BCUT2D eigenvalue weighted by Gasteiger charge is 2.19. The number of hydrogen-bond donors (Lipinski definition) is 0. The predicted octanol–water partition coefficient (Wildman–Crippen LogP) is 3.15. The van der Waals surface area contributed by atoms with Gasteiger partial charge < -0.3 is 14.2 Å². The molecule has 1 aromatic heterocycles. The largest absolute Gasteiger partial charge is 0.379 e. The summed E-state index contributed by atoms with van der Waals surface area (Å²) >= 11 is 3.51. The van der Waals surface area contributed by atoms with Gasteiger partial charge in [0.1, 0.15) is 0 Å². The van der Waals surface area contributed by atoms with Gasteiger partial charge in [0.2, 0.25) is 0 Å². The molecule has 1 aliphatic heterocycles. The first-order chi connectivity index (χ1) is 12.6. The third kappa shape index (κ3) is 4.96. The zero-order valence-corrected chi connectivity index (χ0v) is 16.8. The fourth-order valence-corrected chi connectivity index (χ4v) is 3.68. The minimum absolute atomic E-state index is 0.0700. The second-order valence-corrected chi connectivity index (χ2v) is 7.48. The number of nitrogens with zero attached hydrogens (tertiary/aromatic N) is 3. The van der Waals surface area contributed by atoms with E-state index in [1.807, 2.05) is 48.5 Å². The quantitative estimate of drug-likeness (QED) is 0.691. The van der Waals surface area contributed by atoms with E-state index in [9.17, 15) is 4.79 Å². The first-order valence-electron chi connectivity index (χ1n) is 9.09. The van der Waals surface area contributed by atoms with E-state index in [1.165, 1.54) is 0 Å². The van der Waals surface area contributed by atoms with Crippen LogP contribution in [0.1, 0.15) is 22.5 Å². The van der Waals surface area contributed by atoms with Crippen molar-refractivity contribution in [1.29, 1.82) is 0 Å². The Hall–Kier alpha value is -1.63. The van der Waals surface area contributed by atoms with Crippen LogP contribution >= 0.6 is 15.9 Å². The molecule has 2 aromatic rings. The van der Waals surface area contributed by atoms with Crippen LogP contribution in [-0.2, 0) is 18.3 Å². The van der Waals surface area contributed by atoms with Crippen molar-refractivity contribution in [2.24, 2.45) is 7.05 Å². The van der Waals surface area contributed by atoms with E-state index >= 15 is 0 Å². The predicted molar refractivity (Wildman–Crippen MR) is 106 cm³/mol. The summed E-state index contributed by atoms with van der Waals surface area (Å²) < 4.78 is 8.32. The van der Waals surface area contributed by atoms with Crippen molar-refractivity contribution in [3.05, 3.63) is 58.3 Å². The molecule has 3 rings (SSSR count). The van der Waals surface area contributed by atoms with E-state index in [-0.39, 0.29) is 5.91 Å². The first kappa shape index (κ1) is 19.1. The molecule has 2 heterocycles. The maximum absolute atomic E-state index is 13.1. The lowest BCUT2D eigenvalue weighted by atomic mass is 10.2. The van der Waals surface area contributed by atoms with Crippen LogP contribution in [0.5, 0.6) is 0 Å². The van der Waals surface area contributed by atoms with Gasteiger partial charge in [0.15, 0.2) is 0 Å². The molecule has 0 unspecified atom stereocenters. The molecule has 0 saturated carbocycles. The van der Waals surface area contributed by atoms with Crippen LogP contribution in [0.15, 0.2) is 47.1 Å². The number of benzene rings is 1. The molecule has 6 heteroatoms. The summed E-state index contributed by atoms with van der Waals surface area (Å²) in [6.07, 6.45) is 2.98. The van der Waals surface area contributed by atoms with Crippen LogP contribution in [0.25, 0.3) is 0 Å². The Morgan fingerprint density at radius 1 is 1.19 bits per heavy atom. The molecule has 0 atom stereocenters. The van der Waals surface area contributed by atoms with Gasteiger partial charge in [-0.3, -0.25) is 9.69 Å². The summed E-state index contributed by atoms with van der Waals surface area (Å²) in [5.41, 5.74) is 1.85. The van der Waals surface area contributed by atoms with Gasteiger partial charge >= 0.3 is 0 Å². The van der Waals surface area contributed by atoms with Gasteiger partial charge in [-0.2, -0.15) is 0 Å². The number of amides is 1. The maximum atomic E-state index is 13.1. The van der Waals surface area contributed by atoms with Crippen molar-refractivity contribution in [3.8, 4) is 0 Å². The molecular weight excluding hydrogens is 394 g/mol. The van der Waals surface area contributed by atoms with Crippen molar-refractivity contribution in [3.63, 3.8) is 0 Å². The molecule has 1 saturated heterocycles. The van der Waals surface area contributed by atoms with Gasteiger partial charge in [0.25, 0.3) is 5.91 Å². The Morgan fingerprint density at radius 2 is 1.96 bits per heavy atom. The van der Waals surface area contributed by atoms with Gasteiger partial charge in [-0.25, -0.2) is 0 Å². The minimum atomic E-state index is 0.0700. The molecule has 5 nitrogen and oxygen atoms in total. The summed E-state index contributed by atoms with van der Waals surface area (Å²) in [5, 5.41) is 0. The highest BCUT2D eigenvalue weighted by molar-refractivity contribution is 9.10. The number of morpholine rings is 1. The van der Waals surface area contributed by atoms with Crippen LogP contribution in [0.4, 0.5) is 0 Å². The molecule has 0 spiro atoms. The third-order valence-corrected chi connectivity index (χ3v) is 5.49. The van der Waals surface area contributed by atoms with Crippen molar-refractivity contribution in [2.75, 3.05) is 39.4 Å². The first-order valence-corrected chi connectivity index (χ1v) is 9.88. The van der Waals surface area contributed by atoms with E-state index in [4.69, 9.17) is 4.74 Å². The number of ether oxygens (including phenoxy) is 1. The fourth-order valence-electron chi connectivity index (χ4n) is 3.22. The molecule has 1 amide bonds. The lowest BCUT2D eigenvalue weighted by molar-refractivity contribution is 0.0355. The van der Waals surface area contributed by atoms with E-state index in [0.29, 0.717) is 12.1 Å². The van der Waals surface area contributed by atoms with Gasteiger partial charge in [-0.15, -0.1) is 0 Å². The maximum Gasteiger partial charge on any atom is 0.255 e. The molecular formula is C20H26BrN3O2. The van der Waals surface area contributed by atoms with E-state index < -0.39 is 0 Å². The van der Waals surface area contributed by atoms with Crippen molar-refractivity contribution >= 4 is 21.8 Å². The molecule has 0 radical (unpaired) electrons. The Balaban J connectivity index is 1.67. The number of aromatic nitrogens is 1. The van der Waals surface area contributed by atoms with E-state index in [0.717, 1.165) is 56.0 Å². The van der Waals surface area contributed by atoms with Crippen molar-refractivity contribution in [2.45, 2.75) is 13.0 Å². The van der Waals surface area contributed by atoms with Gasteiger partial charge in [-0.1, -0.05) is 12.1 Å². The Bertz CT molecular complexity index is 725. The molecule has 1 fully saturated rings. The second-order valence-electron chi connectivity index (χ2n) is 6.62. The molecule has 1 aromatic carbocycles. The molecule has 0 N–H and O–H groups in total. The number of carbonyl (C=O) groups is 1. The summed E-state index contributed by atoms with van der Waals surface area (Å²) in [5.74, 6) is 0.0700. The number of halogens is 1. The topological polar surface area (TPSA) is 37.7 Å². The average Bonchev–Trinajstić information content (AvgIpc) is 3.06. The van der Waals surface area contributed by atoms with Crippen LogP contribution < -0.4 is 0 Å². The van der Waals surface area contributed by atoms with Crippen molar-refractivity contribution in [1.82, 2.24) is 14.4 Å². The standard InChI is InChI=1S/C20H26BrN3O2/c1-22-9-4-6-17(22)16-24(11-5-10-23-12-14-26-15-13-23)20(25)18-7-2-3-8-19(18)21/h2-4,6-9H,5,10-16H2,1H3. The van der Waals surface area contributed by atoms with Gasteiger partial charge in [0.05, 0.1) is 25.3 Å². The zero-order valence-electron chi connectivity index (χ0n) is 15.2. The Morgan fingerprint density at radius 3 is 2.65 bits per heavy atom. The van der Waals surface area contributed by atoms with Crippen LogP contribution in [-0.4, -0.2) is 59.7 Å². The summed E-state index contributed by atoms with van der Waals surface area (Å²) in [7, 11) is 2.02. The minimum Gasteiger partial charge on any atom is -0.379 e. The Kier molecular flexibility index (Phi) is 6.88.